The number of halogens is 2. The largest absolute Gasteiger partial charge is 0.478 e. The number of carbonyl (C=O) groups excluding carboxylic acids is 1. The van der Waals surface area contributed by atoms with E-state index < -0.39 is 17.5 Å². The van der Waals surface area contributed by atoms with Crippen LogP contribution in [0.2, 0.25) is 10.3 Å². The van der Waals surface area contributed by atoms with Gasteiger partial charge >= 0.3 is 11.9 Å². The predicted molar refractivity (Wildman–Crippen MR) is 175 cm³/mol. The smallest absolute Gasteiger partial charge is 0.341 e. The number of nitrogens with zero attached hydrogens (tertiary/aromatic N) is 6. The van der Waals surface area contributed by atoms with Gasteiger partial charge in [-0.05, 0) is 55.9 Å². The first-order chi connectivity index (χ1) is 21.2. The van der Waals surface area contributed by atoms with Crippen molar-refractivity contribution in [1.29, 1.82) is 0 Å². The molecule has 4 rings (SSSR count). The number of ether oxygens (including phenoxy) is 3. The van der Waals surface area contributed by atoms with Crippen molar-refractivity contribution in [3.63, 3.8) is 0 Å². The van der Waals surface area contributed by atoms with E-state index in [0.29, 0.717) is 36.6 Å². The lowest BCUT2D eigenvalue weighted by molar-refractivity contribution is 0.00690. The zero-order valence-corrected chi connectivity index (χ0v) is 29.0. The van der Waals surface area contributed by atoms with Crippen molar-refractivity contribution >= 4 is 35.1 Å². The van der Waals surface area contributed by atoms with Crippen molar-refractivity contribution in [2.75, 3.05) is 13.2 Å². The summed E-state index contributed by atoms with van der Waals surface area (Å²) in [5.41, 5.74) is -0.344. The molecule has 0 saturated carbocycles. The summed E-state index contributed by atoms with van der Waals surface area (Å²) in [6, 6.07) is 9.64. The van der Waals surface area contributed by atoms with Crippen LogP contribution >= 0.6 is 23.2 Å². The molecule has 0 aliphatic heterocycles. The molecule has 0 aliphatic carbocycles. The van der Waals surface area contributed by atoms with Gasteiger partial charge in [0.25, 0.3) is 0 Å². The van der Waals surface area contributed by atoms with E-state index in [4.69, 9.17) is 42.5 Å². The molecule has 0 amide bonds. The second-order valence-electron chi connectivity index (χ2n) is 13.7. The number of pyridine rings is 2. The Morgan fingerprint density at radius 1 is 0.696 bits per heavy atom. The first kappa shape index (κ1) is 36.3. The van der Waals surface area contributed by atoms with E-state index in [-0.39, 0.29) is 32.3 Å². The van der Waals surface area contributed by atoms with E-state index in [1.54, 1.807) is 62.1 Å². The van der Waals surface area contributed by atoms with Gasteiger partial charge in [0.15, 0.2) is 11.6 Å². The molecule has 1 N–H and O–H groups in total. The summed E-state index contributed by atoms with van der Waals surface area (Å²) < 4.78 is 19.6. The van der Waals surface area contributed by atoms with Crippen molar-refractivity contribution in [2.24, 2.45) is 10.8 Å². The molecule has 0 bridgehead atoms. The first-order valence-electron chi connectivity index (χ1n) is 14.4. The van der Waals surface area contributed by atoms with Crippen molar-refractivity contribution in [3.8, 4) is 23.4 Å². The predicted octanol–water partition coefficient (Wildman–Crippen LogP) is 7.34. The second-order valence-corrected chi connectivity index (χ2v) is 14.4. The number of carboxylic acids is 1. The van der Waals surface area contributed by atoms with Crippen LogP contribution in [0.4, 0.5) is 0 Å². The standard InChI is InChI=1S/C18H24ClN3O3.C14H16ClN3O3/c1-17(2,3)11-24-14-9-10-22(21-14)13-8-7-12(15(19)20-13)16(23)25-18(4,5)6;1-14(2,3)8-21-11-6-7-18(17-11)10-5-4-9(13(19)20)12(15)16-10/h7-10H,11H2,1-6H3;4-7H,8H2,1-3H3,(H,19,20). The number of hydrogen-bond donors (Lipinski definition) is 1. The monoisotopic (exact) mass is 674 g/mol. The molecule has 46 heavy (non-hydrogen) atoms. The molecule has 0 fully saturated rings. The van der Waals surface area contributed by atoms with Crippen molar-refractivity contribution in [1.82, 2.24) is 29.5 Å². The van der Waals surface area contributed by atoms with Gasteiger partial charge in [0.2, 0.25) is 11.8 Å². The Labute approximate surface area is 278 Å². The fourth-order valence-electron chi connectivity index (χ4n) is 3.35. The lowest BCUT2D eigenvalue weighted by atomic mass is 9.99. The molecule has 0 aliphatic rings. The van der Waals surface area contributed by atoms with Gasteiger partial charge in [-0.15, -0.1) is 10.2 Å². The Morgan fingerprint density at radius 2 is 1.11 bits per heavy atom. The highest BCUT2D eigenvalue weighted by Crippen LogP contribution is 2.22. The molecule has 0 unspecified atom stereocenters. The van der Waals surface area contributed by atoms with Crippen molar-refractivity contribution in [3.05, 3.63) is 70.2 Å². The third-order valence-electron chi connectivity index (χ3n) is 5.42. The molecule has 4 aromatic rings. The maximum Gasteiger partial charge on any atom is 0.341 e. The maximum atomic E-state index is 12.1. The summed E-state index contributed by atoms with van der Waals surface area (Å²) in [5, 5.41) is 17.4. The zero-order valence-electron chi connectivity index (χ0n) is 27.5. The first-order valence-corrected chi connectivity index (χ1v) is 15.1. The van der Waals surface area contributed by atoms with Gasteiger partial charge in [-0.3, -0.25) is 0 Å². The Morgan fingerprint density at radius 3 is 1.46 bits per heavy atom. The summed E-state index contributed by atoms with van der Waals surface area (Å²) in [6.07, 6.45) is 3.40. The average Bonchev–Trinajstić information content (AvgIpc) is 3.59. The van der Waals surface area contributed by atoms with E-state index in [2.05, 4.69) is 61.7 Å². The molecular weight excluding hydrogens is 635 g/mol. The van der Waals surface area contributed by atoms with E-state index in [1.807, 2.05) is 0 Å². The van der Waals surface area contributed by atoms with Gasteiger partial charge in [0.05, 0.1) is 24.3 Å². The van der Waals surface area contributed by atoms with Gasteiger partial charge in [0, 0.05) is 24.5 Å². The molecule has 0 saturated heterocycles. The molecule has 0 radical (unpaired) electrons. The van der Waals surface area contributed by atoms with Crippen LogP contribution in [0.25, 0.3) is 11.6 Å². The quantitative estimate of drug-likeness (QED) is 0.149. The fraction of sp³-hybridized carbons (Fsp3) is 0.438. The summed E-state index contributed by atoms with van der Waals surface area (Å²) in [6.45, 7) is 18.9. The number of carbonyl (C=O) groups is 2. The highest BCUT2D eigenvalue weighted by atomic mass is 35.5. The maximum absolute atomic E-state index is 12.1. The van der Waals surface area contributed by atoms with Gasteiger partial charge in [0.1, 0.15) is 15.9 Å². The van der Waals surface area contributed by atoms with Crippen LogP contribution in [0.1, 0.15) is 83.0 Å². The number of carboxylic acid groups (broad SMARTS) is 1. The van der Waals surface area contributed by atoms with Crippen LogP contribution in [0.15, 0.2) is 48.8 Å². The molecule has 0 spiro atoms. The lowest BCUT2D eigenvalue weighted by Gasteiger charge is -2.19. The molecule has 12 nitrogen and oxygen atoms in total. The molecule has 248 valence electrons. The summed E-state index contributed by atoms with van der Waals surface area (Å²) in [4.78, 5) is 31.3. The Bertz CT molecular complexity index is 1660. The molecule has 0 atom stereocenters. The van der Waals surface area contributed by atoms with Crippen LogP contribution in [0.3, 0.4) is 0 Å². The van der Waals surface area contributed by atoms with Gasteiger partial charge < -0.3 is 19.3 Å². The van der Waals surface area contributed by atoms with E-state index >= 15 is 0 Å². The Kier molecular flexibility index (Phi) is 11.5. The minimum Gasteiger partial charge on any atom is -0.478 e. The van der Waals surface area contributed by atoms with E-state index in [1.165, 1.54) is 16.8 Å². The van der Waals surface area contributed by atoms with Crippen LogP contribution in [-0.4, -0.2) is 65.4 Å². The topological polar surface area (TPSA) is 143 Å². The van der Waals surface area contributed by atoms with Gasteiger partial charge in [-0.1, -0.05) is 64.7 Å². The normalized spacial score (nSPS) is 11.8. The van der Waals surface area contributed by atoms with Gasteiger partial charge in [-0.25, -0.2) is 28.9 Å². The SMILES string of the molecule is CC(C)(C)COc1ccn(-c2ccc(C(=O)O)c(Cl)n2)n1.CC(C)(C)COc1ccn(-c2ccc(C(=O)OC(C)(C)C)c(Cl)n2)n1. The molecule has 4 aromatic heterocycles. The average molecular weight is 676 g/mol. The second kappa shape index (κ2) is 14.5. The van der Waals surface area contributed by atoms with Crippen molar-refractivity contribution < 1.29 is 28.9 Å². The summed E-state index contributed by atoms with van der Waals surface area (Å²) >= 11 is 12.0. The third kappa shape index (κ3) is 11.3. The number of esters is 1. The van der Waals surface area contributed by atoms with Crippen LogP contribution in [-0.2, 0) is 4.74 Å². The van der Waals surface area contributed by atoms with Crippen LogP contribution in [0.5, 0.6) is 11.8 Å². The van der Waals surface area contributed by atoms with E-state index in [9.17, 15) is 9.59 Å². The summed E-state index contributed by atoms with van der Waals surface area (Å²) in [5.74, 6) is 0.271. The lowest BCUT2D eigenvalue weighted by Crippen LogP contribution is -2.24. The minimum absolute atomic E-state index is 0.0362. The summed E-state index contributed by atoms with van der Waals surface area (Å²) in [7, 11) is 0. The van der Waals surface area contributed by atoms with E-state index in [0.717, 1.165) is 0 Å². The number of rotatable bonds is 8. The third-order valence-corrected chi connectivity index (χ3v) is 6.00. The highest BCUT2D eigenvalue weighted by Gasteiger charge is 2.21. The minimum atomic E-state index is -1.12. The molecule has 14 heteroatoms. The zero-order chi connectivity index (χ0) is 34.4. The number of aromatic carboxylic acids is 1. The molecule has 4 heterocycles. The Balaban J connectivity index is 0.000000254. The Hall–Kier alpha value is -4.16. The fourth-order valence-corrected chi connectivity index (χ4v) is 3.81. The molecular formula is C32H40Cl2N6O6. The van der Waals surface area contributed by atoms with Crippen LogP contribution < -0.4 is 9.47 Å². The van der Waals surface area contributed by atoms with Gasteiger partial charge in [-0.2, -0.15) is 0 Å². The van der Waals surface area contributed by atoms with Crippen molar-refractivity contribution in [2.45, 2.75) is 67.9 Å². The number of hydrogen-bond acceptors (Lipinski definition) is 9. The molecule has 0 aromatic carbocycles. The van der Waals surface area contributed by atoms with Crippen LogP contribution in [0, 0.1) is 10.8 Å². The highest BCUT2D eigenvalue weighted by molar-refractivity contribution is 6.32. The number of aromatic nitrogens is 6.